The third-order valence-electron chi connectivity index (χ3n) is 4.90. The van der Waals surface area contributed by atoms with Gasteiger partial charge >= 0.3 is 0 Å². The van der Waals surface area contributed by atoms with Crippen LogP contribution in [0.25, 0.3) is 0 Å². The van der Waals surface area contributed by atoms with E-state index < -0.39 is 0 Å². The Morgan fingerprint density at radius 3 is 2.26 bits per heavy atom. The Bertz CT molecular complexity index is 526. The lowest BCUT2D eigenvalue weighted by molar-refractivity contribution is -0.190. The van der Waals surface area contributed by atoms with Gasteiger partial charge in [-0.2, -0.15) is 5.26 Å². The van der Waals surface area contributed by atoms with Crippen LogP contribution in [0.2, 0.25) is 5.02 Å². The first-order valence-electron chi connectivity index (χ1n) is 6.57. The first-order chi connectivity index (χ1) is 8.71. The zero-order valence-electron chi connectivity index (χ0n) is 12.1. The molecule has 0 bridgehead atoms. The number of benzene rings is 1. The van der Waals surface area contributed by atoms with E-state index in [0.717, 1.165) is 5.75 Å². The molecule has 2 rings (SSSR count). The van der Waals surface area contributed by atoms with Crippen LogP contribution in [0.1, 0.15) is 40.2 Å². The van der Waals surface area contributed by atoms with E-state index in [0.29, 0.717) is 16.5 Å². The molecule has 0 radical (unpaired) electrons. The monoisotopic (exact) mass is 277 g/mol. The van der Waals surface area contributed by atoms with Gasteiger partial charge in [0.2, 0.25) is 0 Å². The molecule has 0 aliphatic heterocycles. The third-order valence-corrected chi connectivity index (χ3v) is 5.21. The molecule has 0 amide bonds. The zero-order chi connectivity index (χ0) is 14.4. The summed E-state index contributed by atoms with van der Waals surface area (Å²) in [5.41, 5.74) is 0.767. The third kappa shape index (κ3) is 2.11. The predicted octanol–water partition coefficient (Wildman–Crippen LogP) is 4.66. The van der Waals surface area contributed by atoms with Crippen LogP contribution in [0, 0.1) is 28.1 Å². The van der Waals surface area contributed by atoms with E-state index in [1.54, 1.807) is 12.1 Å². The maximum Gasteiger partial charge on any atom is 0.121 e. The lowest BCUT2D eigenvalue weighted by Gasteiger charge is -2.62. The van der Waals surface area contributed by atoms with Gasteiger partial charge in [0.15, 0.2) is 0 Å². The second-order valence-electron chi connectivity index (χ2n) is 6.62. The highest BCUT2D eigenvalue weighted by molar-refractivity contribution is 6.31. The van der Waals surface area contributed by atoms with Gasteiger partial charge in [-0.15, -0.1) is 0 Å². The van der Waals surface area contributed by atoms with Crippen molar-refractivity contribution in [2.24, 2.45) is 16.7 Å². The fourth-order valence-corrected chi connectivity index (χ4v) is 3.59. The summed E-state index contributed by atoms with van der Waals surface area (Å²) in [5, 5.41) is 9.32. The minimum atomic E-state index is 0.143. The number of rotatable bonds is 2. The van der Waals surface area contributed by atoms with E-state index in [9.17, 15) is 0 Å². The average Bonchev–Trinajstić information content (AvgIpc) is 2.34. The van der Waals surface area contributed by atoms with Crippen LogP contribution in [0.15, 0.2) is 18.2 Å². The summed E-state index contributed by atoms with van der Waals surface area (Å²) in [6.45, 7) is 11.2. The molecule has 1 aliphatic carbocycles. The second-order valence-corrected chi connectivity index (χ2v) is 7.02. The van der Waals surface area contributed by atoms with Crippen molar-refractivity contribution in [1.82, 2.24) is 0 Å². The van der Waals surface area contributed by atoms with E-state index >= 15 is 0 Å². The minimum absolute atomic E-state index is 0.143. The van der Waals surface area contributed by atoms with Crippen LogP contribution < -0.4 is 4.74 Å². The van der Waals surface area contributed by atoms with Crippen molar-refractivity contribution >= 4 is 11.6 Å². The lowest BCUT2D eigenvalue weighted by Crippen LogP contribution is -2.64. The quantitative estimate of drug-likeness (QED) is 0.787. The van der Waals surface area contributed by atoms with Crippen molar-refractivity contribution in [3.8, 4) is 11.8 Å². The van der Waals surface area contributed by atoms with Crippen LogP contribution in [-0.4, -0.2) is 6.10 Å². The van der Waals surface area contributed by atoms with Gasteiger partial charge in [0.25, 0.3) is 0 Å². The molecular formula is C16H20ClNO. The molecule has 3 heteroatoms. The van der Waals surface area contributed by atoms with Gasteiger partial charge in [0.1, 0.15) is 17.9 Å². The van der Waals surface area contributed by atoms with E-state index in [4.69, 9.17) is 21.6 Å². The standard InChI is InChI=1S/C16H20ClNO/c1-10-15(2,3)14(16(10,4)5)19-12-7-6-11(9-18)13(17)8-12/h6-8,10,14H,1-5H3/t10-,14-. The molecule has 1 fully saturated rings. The Morgan fingerprint density at radius 2 is 1.79 bits per heavy atom. The highest BCUT2D eigenvalue weighted by atomic mass is 35.5. The van der Waals surface area contributed by atoms with Crippen LogP contribution in [0.4, 0.5) is 0 Å². The molecule has 1 saturated carbocycles. The molecule has 1 aliphatic rings. The van der Waals surface area contributed by atoms with E-state index in [2.05, 4.69) is 40.7 Å². The summed E-state index contributed by atoms with van der Waals surface area (Å²) >= 11 is 6.04. The molecule has 0 aromatic heterocycles. The maximum absolute atomic E-state index is 8.87. The fourth-order valence-electron chi connectivity index (χ4n) is 3.38. The van der Waals surface area contributed by atoms with Gasteiger partial charge in [-0.3, -0.25) is 0 Å². The lowest BCUT2D eigenvalue weighted by atomic mass is 9.46. The average molecular weight is 278 g/mol. The summed E-state index contributed by atoms with van der Waals surface area (Å²) in [4.78, 5) is 0. The molecule has 1 aromatic rings. The predicted molar refractivity (Wildman–Crippen MR) is 77.3 cm³/mol. The van der Waals surface area contributed by atoms with Gasteiger partial charge in [-0.1, -0.05) is 46.2 Å². The summed E-state index contributed by atoms with van der Waals surface area (Å²) in [5.74, 6) is 1.33. The van der Waals surface area contributed by atoms with E-state index in [-0.39, 0.29) is 16.9 Å². The van der Waals surface area contributed by atoms with Gasteiger partial charge in [-0.05, 0) is 18.1 Å². The molecule has 0 saturated heterocycles. The van der Waals surface area contributed by atoms with Gasteiger partial charge in [0.05, 0.1) is 10.6 Å². The molecule has 1 aromatic carbocycles. The molecule has 19 heavy (non-hydrogen) atoms. The minimum Gasteiger partial charge on any atom is -0.489 e. The number of ether oxygens (including phenoxy) is 1. The number of hydrogen-bond acceptors (Lipinski definition) is 2. The number of hydrogen-bond donors (Lipinski definition) is 0. The number of nitrogens with zero attached hydrogens (tertiary/aromatic N) is 1. The Labute approximate surface area is 120 Å². The highest BCUT2D eigenvalue weighted by Crippen LogP contribution is 2.59. The maximum atomic E-state index is 8.87. The molecule has 2 nitrogen and oxygen atoms in total. The van der Waals surface area contributed by atoms with Crippen molar-refractivity contribution in [3.63, 3.8) is 0 Å². The Kier molecular flexibility index (Phi) is 3.31. The number of nitriles is 1. The Balaban J connectivity index is 2.23. The van der Waals surface area contributed by atoms with Crippen molar-refractivity contribution in [1.29, 1.82) is 5.26 Å². The zero-order valence-corrected chi connectivity index (χ0v) is 12.9. The summed E-state index contributed by atoms with van der Waals surface area (Å²) in [7, 11) is 0. The van der Waals surface area contributed by atoms with Crippen molar-refractivity contribution < 1.29 is 4.74 Å². The molecule has 0 atom stereocenters. The normalized spacial score (nSPS) is 27.2. The Morgan fingerprint density at radius 1 is 1.21 bits per heavy atom. The number of halogens is 1. The van der Waals surface area contributed by atoms with Crippen molar-refractivity contribution in [2.45, 2.75) is 40.7 Å². The summed E-state index contributed by atoms with van der Waals surface area (Å²) in [6.07, 6.45) is 0.152. The van der Waals surface area contributed by atoms with Gasteiger partial charge < -0.3 is 4.74 Å². The van der Waals surface area contributed by atoms with Gasteiger partial charge in [-0.25, -0.2) is 0 Å². The van der Waals surface area contributed by atoms with Crippen molar-refractivity contribution in [2.75, 3.05) is 0 Å². The first-order valence-corrected chi connectivity index (χ1v) is 6.95. The summed E-state index contributed by atoms with van der Waals surface area (Å²) < 4.78 is 6.14. The van der Waals surface area contributed by atoms with Crippen LogP contribution in [0.3, 0.4) is 0 Å². The molecule has 0 N–H and O–H groups in total. The highest BCUT2D eigenvalue weighted by Gasteiger charge is 2.61. The topological polar surface area (TPSA) is 33.0 Å². The SMILES string of the molecule is CC1(C)[C@H](C)C(C)(C)[C@H]1Oc1ccc(C#N)c(Cl)c1. The Hall–Kier alpha value is -1.20. The summed E-state index contributed by atoms with van der Waals surface area (Å²) in [6, 6.07) is 7.31. The second kappa shape index (κ2) is 4.42. The van der Waals surface area contributed by atoms with Crippen LogP contribution in [0.5, 0.6) is 5.75 Å². The fraction of sp³-hybridized carbons (Fsp3) is 0.562. The van der Waals surface area contributed by atoms with E-state index in [1.165, 1.54) is 0 Å². The van der Waals surface area contributed by atoms with Gasteiger partial charge in [0, 0.05) is 16.9 Å². The molecule has 0 unspecified atom stereocenters. The van der Waals surface area contributed by atoms with Crippen LogP contribution in [-0.2, 0) is 0 Å². The molecule has 0 heterocycles. The molecular weight excluding hydrogens is 258 g/mol. The molecule has 0 spiro atoms. The first kappa shape index (κ1) is 14.2. The largest absolute Gasteiger partial charge is 0.489 e. The molecule has 102 valence electrons. The van der Waals surface area contributed by atoms with Crippen LogP contribution >= 0.6 is 11.6 Å². The smallest absolute Gasteiger partial charge is 0.121 e. The van der Waals surface area contributed by atoms with Crippen molar-refractivity contribution in [3.05, 3.63) is 28.8 Å². The van der Waals surface area contributed by atoms with E-state index in [1.807, 2.05) is 6.07 Å².